The van der Waals surface area contributed by atoms with E-state index in [2.05, 4.69) is 30.5 Å². The van der Waals surface area contributed by atoms with Crippen LogP contribution < -0.4 is 20.9 Å². The zero-order valence-electron chi connectivity index (χ0n) is 21.4. The number of pyridine rings is 1. The maximum Gasteiger partial charge on any atom is 0.415 e. The van der Waals surface area contributed by atoms with Crippen LogP contribution >= 0.6 is 0 Å². The van der Waals surface area contributed by atoms with Gasteiger partial charge in [0.25, 0.3) is 5.91 Å². The number of amides is 2. The Hall–Kier alpha value is -3.60. The summed E-state index contributed by atoms with van der Waals surface area (Å²) in [5.41, 5.74) is 1.98. The van der Waals surface area contributed by atoms with Crippen molar-refractivity contribution in [3.05, 3.63) is 35.7 Å². The van der Waals surface area contributed by atoms with Crippen LogP contribution in [-0.4, -0.2) is 71.7 Å². The van der Waals surface area contributed by atoms with Crippen LogP contribution in [0.15, 0.2) is 29.4 Å². The van der Waals surface area contributed by atoms with E-state index in [4.69, 9.17) is 4.74 Å². The van der Waals surface area contributed by atoms with E-state index < -0.39 is 5.60 Å². The van der Waals surface area contributed by atoms with Gasteiger partial charge in [0.1, 0.15) is 22.9 Å². The maximum absolute atomic E-state index is 12.9. The average molecular weight is 507 g/mol. The third kappa shape index (κ3) is 4.41. The Morgan fingerprint density at radius 3 is 2.78 bits per heavy atom. The van der Waals surface area contributed by atoms with E-state index in [0.717, 1.165) is 43.6 Å². The lowest BCUT2D eigenvalue weighted by molar-refractivity contribution is 0.0366. The third-order valence-corrected chi connectivity index (χ3v) is 7.78. The first-order valence-electron chi connectivity index (χ1n) is 13.1. The van der Waals surface area contributed by atoms with Crippen molar-refractivity contribution >= 4 is 35.3 Å². The number of carbonyl (C=O) groups excluding carboxylic acids is 2. The highest BCUT2D eigenvalue weighted by molar-refractivity contribution is 6.05. The Bertz CT molecular complexity index is 1220. The zero-order chi connectivity index (χ0) is 25.6. The first-order chi connectivity index (χ1) is 17.9. The number of fused-ring (bicyclic) bond motifs is 1. The average Bonchev–Trinajstić information content (AvgIpc) is 3.62. The minimum atomic E-state index is -0.453. The van der Waals surface area contributed by atoms with Gasteiger partial charge in [-0.2, -0.15) is 0 Å². The van der Waals surface area contributed by atoms with Crippen LogP contribution in [0.3, 0.4) is 0 Å². The van der Waals surface area contributed by atoms with Crippen molar-refractivity contribution in [2.45, 2.75) is 56.7 Å². The summed E-state index contributed by atoms with van der Waals surface area (Å²) in [5.74, 6) is 2.13. The minimum absolute atomic E-state index is 0.00101. The van der Waals surface area contributed by atoms with Crippen LogP contribution in [0.25, 0.3) is 0 Å². The molecule has 2 aromatic rings. The van der Waals surface area contributed by atoms with Crippen molar-refractivity contribution < 1.29 is 14.3 Å². The summed E-state index contributed by atoms with van der Waals surface area (Å²) >= 11 is 0. The Morgan fingerprint density at radius 2 is 2.08 bits per heavy atom. The number of nitrogens with zero attached hydrogens (tertiary/aromatic N) is 5. The molecule has 2 aromatic heterocycles. The van der Waals surface area contributed by atoms with Crippen LogP contribution in [0.2, 0.25) is 0 Å². The fraction of sp³-hybridized carbons (Fsp3) is 0.538. The van der Waals surface area contributed by atoms with E-state index in [1.807, 2.05) is 18.2 Å². The monoisotopic (exact) mass is 506 g/mol. The summed E-state index contributed by atoms with van der Waals surface area (Å²) in [7, 11) is 3.57. The predicted octanol–water partition coefficient (Wildman–Crippen LogP) is 3.17. The largest absolute Gasteiger partial charge is 0.439 e. The number of guanidine groups is 1. The predicted molar refractivity (Wildman–Crippen MR) is 141 cm³/mol. The van der Waals surface area contributed by atoms with Crippen molar-refractivity contribution in [3.8, 4) is 0 Å². The fourth-order valence-electron chi connectivity index (χ4n) is 5.89. The lowest BCUT2D eigenvalue weighted by Gasteiger charge is -2.31. The number of nitrogens with one attached hydrogen (secondary N) is 3. The molecule has 1 saturated carbocycles. The van der Waals surface area contributed by atoms with Crippen LogP contribution in [0.5, 0.6) is 0 Å². The fourth-order valence-corrected chi connectivity index (χ4v) is 5.89. The lowest BCUT2D eigenvalue weighted by Crippen LogP contribution is -2.48. The summed E-state index contributed by atoms with van der Waals surface area (Å²) in [6.07, 6.45) is 7.69. The van der Waals surface area contributed by atoms with Crippen molar-refractivity contribution in [1.29, 1.82) is 0 Å². The van der Waals surface area contributed by atoms with E-state index in [0.29, 0.717) is 48.8 Å². The van der Waals surface area contributed by atoms with E-state index >= 15 is 0 Å². The molecule has 1 spiro atoms. The molecule has 2 saturated heterocycles. The molecule has 0 aromatic carbocycles. The molecule has 0 radical (unpaired) electrons. The van der Waals surface area contributed by atoms with Crippen molar-refractivity contribution in [2.75, 3.05) is 49.3 Å². The number of rotatable bonds is 4. The van der Waals surface area contributed by atoms with Gasteiger partial charge in [0, 0.05) is 32.2 Å². The number of hydrogen-bond donors (Lipinski definition) is 3. The molecule has 1 atom stereocenters. The van der Waals surface area contributed by atoms with Crippen LogP contribution in [0.1, 0.15) is 60.6 Å². The number of aromatic nitrogens is 2. The Kier molecular flexibility index (Phi) is 6.02. The maximum atomic E-state index is 12.9. The zero-order valence-corrected chi connectivity index (χ0v) is 21.4. The highest BCUT2D eigenvalue weighted by atomic mass is 16.6. The molecule has 3 N–H and O–H groups in total. The molecule has 3 fully saturated rings. The Balaban J connectivity index is 1.17. The molecule has 11 heteroatoms. The molecule has 11 nitrogen and oxygen atoms in total. The summed E-state index contributed by atoms with van der Waals surface area (Å²) in [4.78, 5) is 38.0. The molecule has 6 rings (SSSR count). The second kappa shape index (κ2) is 9.37. The molecule has 0 bridgehead atoms. The standard InChI is InChI=1S/C26H34N8O3/c1-32(2)23(35)20-12-17-13-29-24(31-22(17)34(20)18-6-3-4-7-18)30-21-9-8-19(14-28-21)33-16-26(37-25(33)36)10-5-11-27-15-26/h8-9,12,14,18,27H,3-7,10-11,13,15-16H2,1-2H3,(H2,28,29,30,31). The van der Waals surface area contributed by atoms with Gasteiger partial charge in [0.05, 0.1) is 25.0 Å². The summed E-state index contributed by atoms with van der Waals surface area (Å²) < 4.78 is 7.92. The molecule has 3 aliphatic heterocycles. The summed E-state index contributed by atoms with van der Waals surface area (Å²) in [5, 5.41) is 10.0. The summed E-state index contributed by atoms with van der Waals surface area (Å²) in [6.45, 7) is 2.64. The van der Waals surface area contributed by atoms with Crippen molar-refractivity contribution in [1.82, 2.24) is 19.8 Å². The van der Waals surface area contributed by atoms with Gasteiger partial charge >= 0.3 is 6.09 Å². The molecular weight excluding hydrogens is 472 g/mol. The van der Waals surface area contributed by atoms with E-state index in [1.165, 1.54) is 12.8 Å². The highest BCUT2D eigenvalue weighted by Crippen LogP contribution is 2.38. The molecule has 1 unspecified atom stereocenters. The summed E-state index contributed by atoms with van der Waals surface area (Å²) in [6, 6.07) is 5.98. The van der Waals surface area contributed by atoms with Crippen LogP contribution in [-0.2, 0) is 11.3 Å². The van der Waals surface area contributed by atoms with Gasteiger partial charge in [-0.05, 0) is 50.4 Å². The lowest BCUT2D eigenvalue weighted by atomic mass is 9.94. The SMILES string of the molecule is CN(C)C(=O)c1cc2c(n1C1CCCC1)NC(Nc1ccc(N3CC4(CCCNC4)OC3=O)cn1)=NC2. The molecule has 1 aliphatic carbocycles. The second-order valence-corrected chi connectivity index (χ2v) is 10.6. The van der Waals surface area contributed by atoms with E-state index in [1.54, 1.807) is 30.1 Å². The van der Waals surface area contributed by atoms with Gasteiger partial charge in [0.15, 0.2) is 0 Å². The third-order valence-electron chi connectivity index (χ3n) is 7.78. The van der Waals surface area contributed by atoms with Crippen molar-refractivity contribution in [2.24, 2.45) is 4.99 Å². The molecular formula is C26H34N8O3. The first-order valence-corrected chi connectivity index (χ1v) is 13.1. The number of ether oxygens (including phenoxy) is 1. The normalized spacial score (nSPS) is 23.5. The van der Waals surface area contributed by atoms with Crippen LogP contribution in [0, 0.1) is 0 Å². The van der Waals surface area contributed by atoms with Gasteiger partial charge in [0.2, 0.25) is 5.96 Å². The first kappa shape index (κ1) is 23.8. The van der Waals surface area contributed by atoms with Gasteiger partial charge in [-0.1, -0.05) is 12.8 Å². The molecule has 4 aliphatic rings. The molecule has 196 valence electrons. The highest BCUT2D eigenvalue weighted by Gasteiger charge is 2.46. The van der Waals surface area contributed by atoms with Gasteiger partial charge < -0.3 is 30.2 Å². The number of hydrogen-bond acceptors (Lipinski definition) is 8. The molecule has 2 amide bonds. The van der Waals surface area contributed by atoms with Gasteiger partial charge in [-0.25, -0.2) is 14.8 Å². The van der Waals surface area contributed by atoms with Crippen LogP contribution in [0.4, 0.5) is 22.1 Å². The topological polar surface area (TPSA) is 116 Å². The number of anilines is 3. The number of piperidine rings is 1. The van der Waals surface area contributed by atoms with E-state index in [9.17, 15) is 9.59 Å². The second-order valence-electron chi connectivity index (χ2n) is 10.6. The molecule has 5 heterocycles. The van der Waals surface area contributed by atoms with Gasteiger partial charge in [-0.15, -0.1) is 0 Å². The Labute approximate surface area is 216 Å². The molecule has 37 heavy (non-hydrogen) atoms. The number of carbonyl (C=O) groups is 2. The quantitative estimate of drug-likeness (QED) is 0.583. The minimum Gasteiger partial charge on any atom is -0.439 e. The Morgan fingerprint density at radius 1 is 1.24 bits per heavy atom. The van der Waals surface area contributed by atoms with Crippen molar-refractivity contribution in [3.63, 3.8) is 0 Å². The van der Waals surface area contributed by atoms with E-state index in [-0.39, 0.29) is 12.0 Å². The smallest absolute Gasteiger partial charge is 0.415 e. The number of aliphatic imine (C=N–C) groups is 1. The van der Waals surface area contributed by atoms with Gasteiger partial charge in [-0.3, -0.25) is 9.69 Å².